The lowest BCUT2D eigenvalue weighted by atomic mass is 9.82. The zero-order valence-electron chi connectivity index (χ0n) is 13.3. The van der Waals surface area contributed by atoms with Gasteiger partial charge in [-0.3, -0.25) is 0 Å². The van der Waals surface area contributed by atoms with Crippen LogP contribution in [0.3, 0.4) is 0 Å². The summed E-state index contributed by atoms with van der Waals surface area (Å²) in [5, 5.41) is 0. The van der Waals surface area contributed by atoms with E-state index in [-0.39, 0.29) is 6.29 Å². The summed E-state index contributed by atoms with van der Waals surface area (Å²) in [6.07, 6.45) is 3.30. The summed E-state index contributed by atoms with van der Waals surface area (Å²) in [6.45, 7) is 10.0. The minimum Gasteiger partial charge on any atom is -0.465 e. The minimum absolute atomic E-state index is 0.0441. The molecule has 20 heavy (non-hydrogen) atoms. The first kappa shape index (κ1) is 15.4. The third-order valence-electron chi connectivity index (χ3n) is 3.99. The number of ether oxygens (including phenoxy) is 2. The highest BCUT2D eigenvalue weighted by Crippen LogP contribution is 2.32. The predicted molar refractivity (Wildman–Crippen MR) is 83.1 cm³/mol. The molecule has 0 spiro atoms. The Labute approximate surface area is 123 Å². The van der Waals surface area contributed by atoms with Crippen molar-refractivity contribution in [3.8, 4) is 5.75 Å². The molecule has 2 unspecified atom stereocenters. The van der Waals surface area contributed by atoms with E-state index in [0.29, 0.717) is 11.8 Å². The van der Waals surface area contributed by atoms with E-state index in [0.717, 1.165) is 31.1 Å². The second kappa shape index (κ2) is 7.12. The van der Waals surface area contributed by atoms with Gasteiger partial charge >= 0.3 is 0 Å². The van der Waals surface area contributed by atoms with E-state index in [1.54, 1.807) is 0 Å². The summed E-state index contributed by atoms with van der Waals surface area (Å²) in [6, 6.07) is 8.62. The lowest BCUT2D eigenvalue weighted by Gasteiger charge is -2.23. The Morgan fingerprint density at radius 2 is 1.85 bits per heavy atom. The fourth-order valence-corrected chi connectivity index (χ4v) is 2.89. The highest BCUT2D eigenvalue weighted by molar-refractivity contribution is 5.30. The monoisotopic (exact) mass is 276 g/mol. The first-order chi connectivity index (χ1) is 9.56. The Bertz CT molecular complexity index is 388. The van der Waals surface area contributed by atoms with Gasteiger partial charge in [0.1, 0.15) is 5.75 Å². The summed E-state index contributed by atoms with van der Waals surface area (Å²) < 4.78 is 11.3. The van der Waals surface area contributed by atoms with Gasteiger partial charge < -0.3 is 9.47 Å². The summed E-state index contributed by atoms with van der Waals surface area (Å²) in [7, 11) is 0. The van der Waals surface area contributed by atoms with E-state index in [1.165, 1.54) is 12.0 Å². The molecule has 0 radical (unpaired) electrons. The second-order valence-electron chi connectivity index (χ2n) is 6.61. The van der Waals surface area contributed by atoms with Crippen LogP contribution in [0.1, 0.15) is 58.4 Å². The van der Waals surface area contributed by atoms with Crippen LogP contribution in [0.25, 0.3) is 0 Å². The molecule has 2 rings (SSSR count). The molecule has 2 heteroatoms. The summed E-state index contributed by atoms with van der Waals surface area (Å²) in [4.78, 5) is 0. The maximum atomic E-state index is 5.83. The van der Waals surface area contributed by atoms with Gasteiger partial charge in [0, 0.05) is 6.42 Å². The Kier molecular flexibility index (Phi) is 5.47. The lowest BCUT2D eigenvalue weighted by Crippen LogP contribution is -2.14. The van der Waals surface area contributed by atoms with E-state index in [4.69, 9.17) is 9.47 Å². The summed E-state index contributed by atoms with van der Waals surface area (Å²) in [5.74, 6) is 2.95. The third kappa shape index (κ3) is 4.24. The number of hydrogen-bond donors (Lipinski definition) is 0. The van der Waals surface area contributed by atoms with Crippen LogP contribution in [0, 0.1) is 11.8 Å². The van der Waals surface area contributed by atoms with Gasteiger partial charge in [-0.1, -0.05) is 39.8 Å². The van der Waals surface area contributed by atoms with Crippen LogP contribution in [0.2, 0.25) is 0 Å². The van der Waals surface area contributed by atoms with Crippen LogP contribution in [-0.4, -0.2) is 12.9 Å². The first-order valence-corrected chi connectivity index (χ1v) is 7.94. The molecular weight excluding hydrogens is 248 g/mol. The van der Waals surface area contributed by atoms with Gasteiger partial charge in [0.15, 0.2) is 6.29 Å². The molecule has 1 fully saturated rings. The Morgan fingerprint density at radius 1 is 1.15 bits per heavy atom. The number of rotatable bonds is 6. The molecule has 0 saturated carbocycles. The smallest absolute Gasteiger partial charge is 0.199 e. The van der Waals surface area contributed by atoms with Crippen LogP contribution in [-0.2, 0) is 4.74 Å². The highest BCUT2D eigenvalue weighted by Gasteiger charge is 2.19. The fourth-order valence-electron chi connectivity index (χ4n) is 2.89. The van der Waals surface area contributed by atoms with Crippen molar-refractivity contribution in [1.82, 2.24) is 0 Å². The normalized spacial score (nSPS) is 20.6. The molecule has 1 saturated heterocycles. The molecular formula is C18H28O2. The van der Waals surface area contributed by atoms with Gasteiger partial charge in [0.25, 0.3) is 0 Å². The zero-order chi connectivity index (χ0) is 14.5. The first-order valence-electron chi connectivity index (χ1n) is 7.94. The van der Waals surface area contributed by atoms with Gasteiger partial charge in [-0.2, -0.15) is 0 Å². The summed E-state index contributed by atoms with van der Waals surface area (Å²) >= 11 is 0. The quantitative estimate of drug-likeness (QED) is 0.729. The van der Waals surface area contributed by atoms with Gasteiger partial charge in [-0.15, -0.1) is 0 Å². The van der Waals surface area contributed by atoms with Crippen molar-refractivity contribution in [2.75, 3.05) is 6.61 Å². The molecule has 0 amide bonds. The molecule has 0 aromatic heterocycles. The van der Waals surface area contributed by atoms with E-state index in [9.17, 15) is 0 Å². The van der Waals surface area contributed by atoms with Crippen LogP contribution in [0.5, 0.6) is 5.75 Å². The second-order valence-corrected chi connectivity index (χ2v) is 6.61. The van der Waals surface area contributed by atoms with Crippen molar-refractivity contribution < 1.29 is 9.47 Å². The van der Waals surface area contributed by atoms with Crippen molar-refractivity contribution in [2.24, 2.45) is 11.8 Å². The highest BCUT2D eigenvalue weighted by atomic mass is 16.7. The minimum atomic E-state index is -0.0441. The fraction of sp³-hybridized carbons (Fsp3) is 0.667. The molecule has 2 nitrogen and oxygen atoms in total. The zero-order valence-corrected chi connectivity index (χ0v) is 13.3. The number of benzene rings is 1. The van der Waals surface area contributed by atoms with Gasteiger partial charge in [-0.05, 0) is 48.3 Å². The van der Waals surface area contributed by atoms with Crippen molar-refractivity contribution in [1.29, 1.82) is 0 Å². The Balaban J connectivity index is 2.01. The van der Waals surface area contributed by atoms with E-state index in [2.05, 4.69) is 52.0 Å². The molecule has 2 atom stereocenters. The van der Waals surface area contributed by atoms with E-state index in [1.807, 2.05) is 0 Å². The average Bonchev–Trinajstić information content (AvgIpc) is 2.89. The van der Waals surface area contributed by atoms with Crippen molar-refractivity contribution >= 4 is 0 Å². The standard InChI is InChI=1S/C18H28O2/c1-13(2)12-17(14(3)4)15-7-9-16(10-8-15)20-18-6-5-11-19-18/h7-10,13-14,17-18H,5-6,11-12H2,1-4H3. The van der Waals surface area contributed by atoms with Crippen LogP contribution in [0.15, 0.2) is 24.3 Å². The lowest BCUT2D eigenvalue weighted by molar-refractivity contribution is -0.0390. The molecule has 1 aliphatic rings. The SMILES string of the molecule is CC(C)CC(c1ccc(OC2CCCO2)cc1)C(C)C. The van der Waals surface area contributed by atoms with Crippen molar-refractivity contribution in [3.63, 3.8) is 0 Å². The molecule has 1 aromatic rings. The van der Waals surface area contributed by atoms with E-state index < -0.39 is 0 Å². The molecule has 1 heterocycles. The molecule has 0 N–H and O–H groups in total. The molecule has 0 aliphatic carbocycles. The van der Waals surface area contributed by atoms with Gasteiger partial charge in [0.2, 0.25) is 0 Å². The maximum Gasteiger partial charge on any atom is 0.199 e. The molecule has 1 aliphatic heterocycles. The van der Waals surface area contributed by atoms with Crippen molar-refractivity contribution in [3.05, 3.63) is 29.8 Å². The van der Waals surface area contributed by atoms with Crippen molar-refractivity contribution in [2.45, 2.75) is 59.2 Å². The maximum absolute atomic E-state index is 5.83. The molecule has 1 aromatic carbocycles. The Hall–Kier alpha value is -1.02. The van der Waals surface area contributed by atoms with Crippen LogP contribution in [0.4, 0.5) is 0 Å². The summed E-state index contributed by atoms with van der Waals surface area (Å²) in [5.41, 5.74) is 1.42. The molecule has 112 valence electrons. The van der Waals surface area contributed by atoms with Gasteiger partial charge in [0.05, 0.1) is 6.61 Å². The topological polar surface area (TPSA) is 18.5 Å². The average molecular weight is 276 g/mol. The van der Waals surface area contributed by atoms with E-state index >= 15 is 0 Å². The third-order valence-corrected chi connectivity index (χ3v) is 3.99. The largest absolute Gasteiger partial charge is 0.465 e. The van der Waals surface area contributed by atoms with Crippen LogP contribution < -0.4 is 4.74 Å². The Morgan fingerprint density at radius 3 is 2.35 bits per heavy atom. The number of hydrogen-bond acceptors (Lipinski definition) is 2. The van der Waals surface area contributed by atoms with Crippen LogP contribution >= 0.6 is 0 Å². The van der Waals surface area contributed by atoms with Gasteiger partial charge in [-0.25, -0.2) is 0 Å². The predicted octanol–water partition coefficient (Wildman–Crippen LogP) is 4.99. The molecule has 0 bridgehead atoms.